The van der Waals surface area contributed by atoms with Gasteiger partial charge in [0.15, 0.2) is 0 Å². The van der Waals surface area contributed by atoms with Gasteiger partial charge >= 0.3 is 0 Å². The van der Waals surface area contributed by atoms with Crippen molar-refractivity contribution in [1.82, 2.24) is 4.90 Å². The Morgan fingerprint density at radius 2 is 1.33 bits per heavy atom. The van der Waals surface area contributed by atoms with E-state index in [4.69, 9.17) is 0 Å². The molecular formula is C7H16NV-3. The van der Waals surface area contributed by atoms with Crippen LogP contribution < -0.4 is 0 Å². The third-order valence-corrected chi connectivity index (χ3v) is 0.763. The normalized spacial score (nSPS) is 7.33. The molecule has 0 aliphatic heterocycles. The second-order valence-corrected chi connectivity index (χ2v) is 1.30. The molecule has 0 rings (SSSR count). The predicted molar refractivity (Wildman–Crippen MR) is 39.2 cm³/mol. The van der Waals surface area contributed by atoms with Crippen molar-refractivity contribution in [2.24, 2.45) is 0 Å². The molecule has 0 heterocycles. The standard InChI is InChI=1S/C5H11N.C2H5.V/c1-4-6(3)5-2;1-2;/h1-2,4-5H2,3H3;1H2,2H3;/q-2;-1;. The van der Waals surface area contributed by atoms with Crippen LogP contribution in [-0.4, -0.2) is 25.0 Å². The maximum Gasteiger partial charge on any atom is 0 e. The molecule has 0 aromatic heterocycles. The van der Waals surface area contributed by atoms with Gasteiger partial charge in [0.2, 0.25) is 0 Å². The minimum atomic E-state index is 0. The molecule has 2 heteroatoms. The third-order valence-electron chi connectivity index (χ3n) is 0.763. The molecule has 9 heavy (non-hydrogen) atoms. The smallest absolute Gasteiger partial charge is 0 e. The van der Waals surface area contributed by atoms with Gasteiger partial charge in [-0.25, -0.2) is 0 Å². The van der Waals surface area contributed by atoms with Crippen LogP contribution in [0, 0.1) is 20.8 Å². The van der Waals surface area contributed by atoms with Crippen LogP contribution in [0.1, 0.15) is 6.92 Å². The van der Waals surface area contributed by atoms with E-state index in [2.05, 4.69) is 20.8 Å². The van der Waals surface area contributed by atoms with Gasteiger partial charge in [-0.05, 0) is 7.05 Å². The van der Waals surface area contributed by atoms with Crippen LogP contribution in [0.3, 0.4) is 0 Å². The van der Waals surface area contributed by atoms with Crippen molar-refractivity contribution in [3.05, 3.63) is 20.8 Å². The van der Waals surface area contributed by atoms with Crippen molar-refractivity contribution in [3.8, 4) is 0 Å². The van der Waals surface area contributed by atoms with Gasteiger partial charge in [-0.3, -0.25) is 0 Å². The van der Waals surface area contributed by atoms with Crippen LogP contribution >= 0.6 is 0 Å². The summed E-state index contributed by atoms with van der Waals surface area (Å²) in [5, 5.41) is 0. The summed E-state index contributed by atoms with van der Waals surface area (Å²) in [7, 11) is 1.99. The summed E-state index contributed by atoms with van der Waals surface area (Å²) < 4.78 is 0. The van der Waals surface area contributed by atoms with Crippen molar-refractivity contribution in [2.75, 3.05) is 20.1 Å². The molecule has 0 amide bonds. The Morgan fingerprint density at radius 3 is 1.33 bits per heavy atom. The number of hydrogen-bond acceptors (Lipinski definition) is 1. The van der Waals surface area contributed by atoms with Crippen molar-refractivity contribution in [2.45, 2.75) is 6.92 Å². The summed E-state index contributed by atoms with van der Waals surface area (Å²) in [6, 6.07) is 0. The van der Waals surface area contributed by atoms with E-state index in [1.165, 1.54) is 0 Å². The van der Waals surface area contributed by atoms with Gasteiger partial charge in [-0.2, -0.15) is 6.92 Å². The van der Waals surface area contributed by atoms with Crippen LogP contribution in [0.2, 0.25) is 0 Å². The van der Waals surface area contributed by atoms with Gasteiger partial charge in [-0.1, -0.05) is 0 Å². The molecule has 1 nitrogen and oxygen atoms in total. The summed E-state index contributed by atoms with van der Waals surface area (Å²) in [6.07, 6.45) is 0. The second-order valence-electron chi connectivity index (χ2n) is 1.30. The van der Waals surface area contributed by atoms with E-state index in [0.29, 0.717) is 0 Å². The fourth-order valence-corrected chi connectivity index (χ4v) is 0.112. The number of hydrogen-bond donors (Lipinski definition) is 0. The van der Waals surface area contributed by atoms with Crippen LogP contribution in [0.5, 0.6) is 0 Å². The van der Waals surface area contributed by atoms with Gasteiger partial charge in [0.1, 0.15) is 0 Å². The molecule has 0 bridgehead atoms. The van der Waals surface area contributed by atoms with Crippen molar-refractivity contribution in [1.29, 1.82) is 0 Å². The molecule has 0 N–H and O–H groups in total. The summed E-state index contributed by atoms with van der Waals surface area (Å²) in [6.45, 7) is 14.0. The Hall–Kier alpha value is 0.544. The zero-order chi connectivity index (χ0) is 6.99. The SMILES string of the molecule is [CH2-]C.[CH2-]CN(C)C[CH2-].[V]. The maximum atomic E-state index is 3.64. The molecule has 0 aromatic carbocycles. The molecule has 1 radical (unpaired) electrons. The largest absolute Gasteiger partial charge is 0.365 e. The molecule has 0 unspecified atom stereocenters. The maximum absolute atomic E-state index is 3.64. The zero-order valence-corrected chi connectivity index (χ0v) is 7.83. The van der Waals surface area contributed by atoms with Gasteiger partial charge in [0.25, 0.3) is 0 Å². The molecule has 0 fully saturated rings. The van der Waals surface area contributed by atoms with Crippen molar-refractivity contribution in [3.63, 3.8) is 0 Å². The fourth-order valence-electron chi connectivity index (χ4n) is 0.112. The first-order chi connectivity index (χ1) is 3.81. The third kappa shape index (κ3) is 17.7. The summed E-state index contributed by atoms with van der Waals surface area (Å²) >= 11 is 0. The van der Waals surface area contributed by atoms with Crippen LogP contribution in [-0.2, 0) is 18.6 Å². The van der Waals surface area contributed by atoms with Gasteiger partial charge in [0, 0.05) is 18.6 Å². The van der Waals surface area contributed by atoms with E-state index < -0.39 is 0 Å². The molecule has 0 aliphatic rings. The average molecular weight is 165 g/mol. The first-order valence-corrected chi connectivity index (χ1v) is 2.79. The first kappa shape index (κ1) is 16.3. The minimum Gasteiger partial charge on any atom is -0.365 e. The Labute approximate surface area is 71.7 Å². The second kappa shape index (κ2) is 15.8. The Balaban J connectivity index is -0.000000109. The van der Waals surface area contributed by atoms with E-state index in [0.717, 1.165) is 13.1 Å². The quantitative estimate of drug-likeness (QED) is 0.559. The summed E-state index contributed by atoms with van der Waals surface area (Å²) in [5.74, 6) is 0. The Bertz CT molecular complexity index is 28.1. The molecule has 0 aromatic rings. The van der Waals surface area contributed by atoms with Crippen LogP contribution in [0.4, 0.5) is 0 Å². The van der Waals surface area contributed by atoms with Gasteiger partial charge < -0.3 is 25.7 Å². The van der Waals surface area contributed by atoms with Crippen LogP contribution in [0.25, 0.3) is 0 Å². The van der Waals surface area contributed by atoms with E-state index in [1.807, 2.05) is 11.9 Å². The molecule has 57 valence electrons. The Morgan fingerprint density at radius 1 is 1.11 bits per heavy atom. The van der Waals surface area contributed by atoms with Crippen LogP contribution in [0.15, 0.2) is 0 Å². The predicted octanol–water partition coefficient (Wildman–Crippen LogP) is 1.42. The molecule has 0 atom stereocenters. The molecule has 0 saturated carbocycles. The molecule has 0 aliphatic carbocycles. The zero-order valence-electron chi connectivity index (χ0n) is 6.43. The van der Waals surface area contributed by atoms with E-state index in [9.17, 15) is 0 Å². The topological polar surface area (TPSA) is 3.24 Å². The van der Waals surface area contributed by atoms with E-state index in [1.54, 1.807) is 6.92 Å². The molecular weight excluding hydrogens is 149 g/mol. The van der Waals surface area contributed by atoms with E-state index in [-0.39, 0.29) is 18.6 Å². The van der Waals surface area contributed by atoms with Crippen molar-refractivity contribution >= 4 is 0 Å². The van der Waals surface area contributed by atoms with Gasteiger partial charge in [0.05, 0.1) is 0 Å². The average Bonchev–Trinajstić information content (AvgIpc) is 1.91. The Kier molecular flexibility index (Phi) is 28.6. The molecule has 0 spiro atoms. The molecule has 0 saturated heterocycles. The fraction of sp³-hybridized carbons (Fsp3) is 0.571. The van der Waals surface area contributed by atoms with Gasteiger partial charge in [-0.15, -0.1) is 13.1 Å². The van der Waals surface area contributed by atoms with E-state index >= 15 is 0 Å². The number of nitrogens with zero attached hydrogens (tertiary/aromatic N) is 1. The minimum absolute atomic E-state index is 0. The first-order valence-electron chi connectivity index (χ1n) is 2.79. The summed E-state index contributed by atoms with van der Waals surface area (Å²) in [5.41, 5.74) is 0. The monoisotopic (exact) mass is 165 g/mol. The number of rotatable bonds is 2. The van der Waals surface area contributed by atoms with Crippen molar-refractivity contribution < 1.29 is 18.6 Å². The summed E-state index contributed by atoms with van der Waals surface area (Å²) in [4.78, 5) is 2.03.